The normalized spacial score (nSPS) is 10.6. The molecule has 96 valence electrons. The van der Waals surface area contributed by atoms with Gasteiger partial charge >= 0.3 is 0 Å². The van der Waals surface area contributed by atoms with Crippen LogP contribution < -0.4 is 10.1 Å². The third-order valence-electron chi connectivity index (χ3n) is 2.80. The summed E-state index contributed by atoms with van der Waals surface area (Å²) in [6.45, 7) is 5.38. The van der Waals surface area contributed by atoms with Crippen molar-refractivity contribution in [3.8, 4) is 5.75 Å². The predicted octanol–water partition coefficient (Wildman–Crippen LogP) is 3.19. The van der Waals surface area contributed by atoms with Crippen LogP contribution in [0.4, 0.5) is 0 Å². The van der Waals surface area contributed by atoms with Gasteiger partial charge < -0.3 is 14.5 Å². The van der Waals surface area contributed by atoms with Crippen LogP contribution in [-0.2, 0) is 13.2 Å². The molecule has 0 spiro atoms. The van der Waals surface area contributed by atoms with E-state index in [2.05, 4.69) is 24.4 Å². The van der Waals surface area contributed by atoms with Crippen LogP contribution >= 0.6 is 0 Å². The molecule has 1 heterocycles. The summed E-state index contributed by atoms with van der Waals surface area (Å²) in [5, 5.41) is 3.09. The van der Waals surface area contributed by atoms with Gasteiger partial charge in [-0.25, -0.2) is 0 Å². The summed E-state index contributed by atoms with van der Waals surface area (Å²) in [6, 6.07) is 8.22. The molecule has 3 heteroatoms. The lowest BCUT2D eigenvalue weighted by atomic mass is 10.1. The molecular weight excluding hydrogens is 226 g/mol. The van der Waals surface area contributed by atoms with Gasteiger partial charge in [0.15, 0.2) is 0 Å². The maximum atomic E-state index is 5.78. The van der Waals surface area contributed by atoms with Crippen molar-refractivity contribution in [2.24, 2.45) is 0 Å². The summed E-state index contributed by atoms with van der Waals surface area (Å²) in [5.74, 6) is 1.77. The number of rotatable bonds is 5. The lowest BCUT2D eigenvalue weighted by Crippen LogP contribution is -2.03. The van der Waals surface area contributed by atoms with Gasteiger partial charge in [-0.15, -0.1) is 0 Å². The molecule has 0 fully saturated rings. The maximum absolute atomic E-state index is 5.78. The Bertz CT molecular complexity index is 517. The Hall–Kier alpha value is -1.74. The van der Waals surface area contributed by atoms with Gasteiger partial charge in [-0.05, 0) is 44.2 Å². The van der Waals surface area contributed by atoms with Gasteiger partial charge in [-0.2, -0.15) is 0 Å². The molecule has 0 aliphatic carbocycles. The smallest absolute Gasteiger partial charge is 0.146 e. The lowest BCUT2D eigenvalue weighted by Gasteiger charge is -2.08. The SMILES string of the molecule is CNCc1coc(COc2cc(C)ccc2C)c1. The van der Waals surface area contributed by atoms with E-state index in [1.165, 1.54) is 5.56 Å². The Labute approximate surface area is 108 Å². The highest BCUT2D eigenvalue weighted by Crippen LogP contribution is 2.20. The molecule has 3 nitrogen and oxygen atoms in total. The molecule has 0 saturated heterocycles. The third kappa shape index (κ3) is 3.14. The van der Waals surface area contributed by atoms with E-state index in [9.17, 15) is 0 Å². The molecule has 1 aromatic heterocycles. The molecule has 1 aromatic carbocycles. The standard InChI is InChI=1S/C15H19NO2/c1-11-4-5-12(2)15(6-11)18-10-14-7-13(8-16-3)9-17-14/h4-7,9,16H,8,10H2,1-3H3. The molecule has 2 rings (SSSR count). The quantitative estimate of drug-likeness (QED) is 0.878. The molecule has 0 saturated carbocycles. The Morgan fingerprint density at radius 3 is 2.83 bits per heavy atom. The predicted molar refractivity (Wildman–Crippen MR) is 71.7 cm³/mol. The van der Waals surface area contributed by atoms with Crippen molar-refractivity contribution in [3.05, 3.63) is 53.0 Å². The first-order chi connectivity index (χ1) is 8.69. The largest absolute Gasteiger partial charge is 0.485 e. The first kappa shape index (κ1) is 12.7. The van der Waals surface area contributed by atoms with Crippen LogP contribution in [0.5, 0.6) is 5.75 Å². The second kappa shape index (κ2) is 5.74. The highest BCUT2D eigenvalue weighted by Gasteiger charge is 2.04. The molecule has 0 radical (unpaired) electrons. The van der Waals surface area contributed by atoms with Crippen LogP contribution in [-0.4, -0.2) is 7.05 Å². The molecule has 18 heavy (non-hydrogen) atoms. The minimum absolute atomic E-state index is 0.466. The van der Waals surface area contributed by atoms with Crippen LogP contribution in [0.15, 0.2) is 34.9 Å². The number of benzene rings is 1. The molecule has 2 aromatic rings. The number of hydrogen-bond acceptors (Lipinski definition) is 3. The van der Waals surface area contributed by atoms with Crippen molar-refractivity contribution in [2.45, 2.75) is 27.0 Å². The number of nitrogens with one attached hydrogen (secondary N) is 1. The van der Waals surface area contributed by atoms with Crippen molar-refractivity contribution in [1.29, 1.82) is 0 Å². The van der Waals surface area contributed by atoms with Gasteiger partial charge in [0, 0.05) is 12.1 Å². The highest BCUT2D eigenvalue weighted by atomic mass is 16.5. The van der Waals surface area contributed by atoms with Crippen LogP contribution in [0.3, 0.4) is 0 Å². The summed E-state index contributed by atoms with van der Waals surface area (Å²) in [6.07, 6.45) is 1.76. The van der Waals surface area contributed by atoms with E-state index in [0.29, 0.717) is 6.61 Å². The second-order valence-electron chi connectivity index (χ2n) is 4.51. The van der Waals surface area contributed by atoms with E-state index in [4.69, 9.17) is 9.15 Å². The van der Waals surface area contributed by atoms with Gasteiger partial charge in [0.1, 0.15) is 18.1 Å². The summed E-state index contributed by atoms with van der Waals surface area (Å²) >= 11 is 0. The van der Waals surface area contributed by atoms with E-state index >= 15 is 0 Å². The van der Waals surface area contributed by atoms with Crippen LogP contribution in [0, 0.1) is 13.8 Å². The number of aryl methyl sites for hydroxylation is 2. The molecule has 0 aliphatic heterocycles. The number of ether oxygens (including phenoxy) is 1. The van der Waals surface area contributed by atoms with Crippen molar-refractivity contribution in [1.82, 2.24) is 5.32 Å². The van der Waals surface area contributed by atoms with E-state index in [1.807, 2.05) is 26.1 Å². The average molecular weight is 245 g/mol. The monoisotopic (exact) mass is 245 g/mol. The Morgan fingerprint density at radius 2 is 2.06 bits per heavy atom. The van der Waals surface area contributed by atoms with Crippen LogP contribution in [0.2, 0.25) is 0 Å². The fraction of sp³-hybridized carbons (Fsp3) is 0.333. The van der Waals surface area contributed by atoms with Crippen molar-refractivity contribution >= 4 is 0 Å². The first-order valence-corrected chi connectivity index (χ1v) is 6.10. The minimum atomic E-state index is 0.466. The topological polar surface area (TPSA) is 34.4 Å². The Balaban J connectivity index is 1.99. The zero-order valence-electron chi connectivity index (χ0n) is 11.1. The molecule has 0 unspecified atom stereocenters. The summed E-state index contributed by atoms with van der Waals surface area (Å²) < 4.78 is 11.2. The zero-order chi connectivity index (χ0) is 13.0. The van der Waals surface area contributed by atoms with Gasteiger partial charge in [0.2, 0.25) is 0 Å². The summed E-state index contributed by atoms with van der Waals surface area (Å²) in [5.41, 5.74) is 3.48. The van der Waals surface area contributed by atoms with E-state index in [1.54, 1.807) is 6.26 Å². The van der Waals surface area contributed by atoms with Crippen molar-refractivity contribution < 1.29 is 9.15 Å². The Kier molecular flexibility index (Phi) is 4.05. The molecule has 0 bridgehead atoms. The van der Waals surface area contributed by atoms with E-state index in [0.717, 1.165) is 29.2 Å². The summed E-state index contributed by atoms with van der Waals surface area (Å²) in [7, 11) is 1.92. The maximum Gasteiger partial charge on any atom is 0.146 e. The zero-order valence-corrected chi connectivity index (χ0v) is 11.1. The van der Waals surface area contributed by atoms with Crippen molar-refractivity contribution in [3.63, 3.8) is 0 Å². The fourth-order valence-electron chi connectivity index (χ4n) is 1.81. The first-order valence-electron chi connectivity index (χ1n) is 6.10. The summed E-state index contributed by atoms with van der Waals surface area (Å²) in [4.78, 5) is 0. The highest BCUT2D eigenvalue weighted by molar-refractivity contribution is 5.36. The molecule has 0 amide bonds. The molecule has 1 N–H and O–H groups in total. The fourth-order valence-corrected chi connectivity index (χ4v) is 1.81. The van der Waals surface area contributed by atoms with Gasteiger partial charge in [-0.1, -0.05) is 12.1 Å². The van der Waals surface area contributed by atoms with Crippen LogP contribution in [0.1, 0.15) is 22.5 Å². The van der Waals surface area contributed by atoms with Crippen LogP contribution in [0.25, 0.3) is 0 Å². The Morgan fingerprint density at radius 1 is 1.22 bits per heavy atom. The van der Waals surface area contributed by atoms with Gasteiger partial charge in [-0.3, -0.25) is 0 Å². The minimum Gasteiger partial charge on any atom is -0.485 e. The van der Waals surface area contributed by atoms with Gasteiger partial charge in [0.25, 0.3) is 0 Å². The molecule has 0 aliphatic rings. The lowest BCUT2D eigenvalue weighted by molar-refractivity contribution is 0.268. The van der Waals surface area contributed by atoms with Crippen molar-refractivity contribution in [2.75, 3.05) is 7.05 Å². The molecular formula is C15H19NO2. The second-order valence-corrected chi connectivity index (χ2v) is 4.51. The third-order valence-corrected chi connectivity index (χ3v) is 2.80. The van der Waals surface area contributed by atoms with E-state index in [-0.39, 0.29) is 0 Å². The number of hydrogen-bond donors (Lipinski definition) is 1. The number of furan rings is 1. The average Bonchev–Trinajstić information content (AvgIpc) is 2.79. The molecule has 0 atom stereocenters. The van der Waals surface area contributed by atoms with Gasteiger partial charge in [0.05, 0.1) is 6.26 Å². The van der Waals surface area contributed by atoms with E-state index < -0.39 is 0 Å².